The Morgan fingerprint density at radius 1 is 1.25 bits per heavy atom. The fourth-order valence-electron chi connectivity index (χ4n) is 2.17. The van der Waals surface area contributed by atoms with Crippen molar-refractivity contribution in [3.05, 3.63) is 47.2 Å². The Balaban J connectivity index is 2.00. The van der Waals surface area contributed by atoms with Gasteiger partial charge in [-0.2, -0.15) is 5.10 Å². The van der Waals surface area contributed by atoms with Crippen LogP contribution in [0.3, 0.4) is 0 Å². The van der Waals surface area contributed by atoms with Crippen LogP contribution in [0.15, 0.2) is 30.5 Å². The topological polar surface area (TPSA) is 59.0 Å². The molecule has 5 heteroatoms. The fraction of sp³-hybridized carbons (Fsp3) is 0.333. The average Bonchev–Trinajstić information content (AvgIpc) is 2.73. The quantitative estimate of drug-likeness (QED) is 0.902. The minimum absolute atomic E-state index is 0.0580. The molecule has 1 aromatic heterocycles. The summed E-state index contributed by atoms with van der Waals surface area (Å²) in [6.07, 6.45) is 1.78. The van der Waals surface area contributed by atoms with E-state index in [-0.39, 0.29) is 12.1 Å². The van der Waals surface area contributed by atoms with Crippen molar-refractivity contribution in [1.29, 1.82) is 0 Å². The first-order valence-corrected chi connectivity index (χ1v) is 6.59. The van der Waals surface area contributed by atoms with Gasteiger partial charge in [0.05, 0.1) is 6.04 Å². The second-order valence-electron chi connectivity index (χ2n) is 5.12. The average molecular weight is 272 g/mol. The Morgan fingerprint density at radius 2 is 1.90 bits per heavy atom. The van der Waals surface area contributed by atoms with Gasteiger partial charge in [-0.25, -0.2) is 4.79 Å². The predicted octanol–water partition coefficient (Wildman–Crippen LogP) is 2.92. The molecule has 0 aliphatic carbocycles. The molecule has 0 saturated carbocycles. The van der Waals surface area contributed by atoms with Crippen molar-refractivity contribution in [2.75, 3.05) is 5.32 Å². The van der Waals surface area contributed by atoms with E-state index in [0.29, 0.717) is 5.82 Å². The number of nitrogens with one attached hydrogen (secondary N) is 2. The van der Waals surface area contributed by atoms with Gasteiger partial charge in [0.25, 0.3) is 0 Å². The second-order valence-corrected chi connectivity index (χ2v) is 5.12. The molecule has 2 N–H and O–H groups in total. The van der Waals surface area contributed by atoms with Crippen LogP contribution in [-0.4, -0.2) is 15.8 Å². The molecule has 1 aromatic carbocycles. The molecule has 0 radical (unpaired) electrons. The van der Waals surface area contributed by atoms with Crippen LogP contribution in [-0.2, 0) is 7.05 Å². The number of aromatic nitrogens is 2. The Bertz CT molecular complexity index is 598. The van der Waals surface area contributed by atoms with Crippen molar-refractivity contribution in [2.45, 2.75) is 26.8 Å². The minimum atomic E-state index is -0.254. The van der Waals surface area contributed by atoms with Crippen LogP contribution in [0.5, 0.6) is 0 Å². The highest BCUT2D eigenvalue weighted by molar-refractivity contribution is 5.88. The van der Waals surface area contributed by atoms with E-state index in [9.17, 15) is 4.79 Å². The predicted molar refractivity (Wildman–Crippen MR) is 79.7 cm³/mol. The molecular weight excluding hydrogens is 252 g/mol. The number of urea groups is 1. The van der Waals surface area contributed by atoms with Gasteiger partial charge in [0, 0.05) is 19.3 Å². The number of amides is 2. The Labute approximate surface area is 119 Å². The van der Waals surface area contributed by atoms with E-state index in [0.717, 1.165) is 5.56 Å². The van der Waals surface area contributed by atoms with Crippen molar-refractivity contribution < 1.29 is 4.79 Å². The molecule has 0 fully saturated rings. The van der Waals surface area contributed by atoms with E-state index in [4.69, 9.17) is 0 Å². The van der Waals surface area contributed by atoms with Crippen LogP contribution in [0.2, 0.25) is 0 Å². The SMILES string of the molecule is Cc1cc(C)cc([C@H](C)NC(=O)Nc2ccn(C)n2)c1. The smallest absolute Gasteiger partial charge is 0.320 e. The molecule has 2 aromatic rings. The summed E-state index contributed by atoms with van der Waals surface area (Å²) in [4.78, 5) is 11.9. The minimum Gasteiger partial charge on any atom is -0.331 e. The molecule has 0 aliphatic heterocycles. The summed E-state index contributed by atoms with van der Waals surface area (Å²) in [5, 5.41) is 9.72. The number of carbonyl (C=O) groups is 1. The van der Waals surface area contributed by atoms with Crippen molar-refractivity contribution in [2.24, 2.45) is 7.05 Å². The van der Waals surface area contributed by atoms with E-state index in [2.05, 4.69) is 47.8 Å². The number of rotatable bonds is 3. The summed E-state index contributed by atoms with van der Waals surface area (Å²) in [7, 11) is 1.81. The Kier molecular flexibility index (Phi) is 4.08. The first kappa shape index (κ1) is 14.1. The zero-order valence-electron chi connectivity index (χ0n) is 12.3. The third kappa shape index (κ3) is 3.60. The first-order valence-electron chi connectivity index (χ1n) is 6.59. The van der Waals surface area contributed by atoms with Crippen LogP contribution in [0, 0.1) is 13.8 Å². The molecule has 1 atom stereocenters. The molecule has 0 saturated heterocycles. The molecule has 106 valence electrons. The summed E-state index contributed by atoms with van der Waals surface area (Å²) in [6.45, 7) is 6.07. The van der Waals surface area contributed by atoms with Crippen molar-refractivity contribution >= 4 is 11.8 Å². The van der Waals surface area contributed by atoms with Gasteiger partial charge in [-0.05, 0) is 26.3 Å². The lowest BCUT2D eigenvalue weighted by Crippen LogP contribution is -2.31. The molecule has 2 rings (SSSR count). The summed E-state index contributed by atoms with van der Waals surface area (Å²) in [6, 6.07) is 7.72. The lowest BCUT2D eigenvalue weighted by Gasteiger charge is -2.15. The monoisotopic (exact) mass is 272 g/mol. The van der Waals surface area contributed by atoms with Gasteiger partial charge < -0.3 is 5.32 Å². The van der Waals surface area contributed by atoms with Crippen LogP contribution >= 0.6 is 0 Å². The van der Waals surface area contributed by atoms with Crippen LogP contribution in [0.4, 0.5) is 10.6 Å². The first-order chi connectivity index (χ1) is 9.44. The molecule has 5 nitrogen and oxygen atoms in total. The number of nitrogens with zero attached hydrogens (tertiary/aromatic N) is 2. The van der Waals surface area contributed by atoms with Gasteiger partial charge in [0.2, 0.25) is 0 Å². The Hall–Kier alpha value is -2.30. The van der Waals surface area contributed by atoms with Crippen molar-refractivity contribution in [3.63, 3.8) is 0 Å². The van der Waals surface area contributed by atoms with Gasteiger partial charge >= 0.3 is 6.03 Å². The Morgan fingerprint density at radius 3 is 2.45 bits per heavy atom. The number of anilines is 1. The third-order valence-electron chi connectivity index (χ3n) is 3.05. The highest BCUT2D eigenvalue weighted by Gasteiger charge is 2.11. The van der Waals surface area contributed by atoms with E-state index >= 15 is 0 Å². The molecule has 2 amide bonds. The van der Waals surface area contributed by atoms with Gasteiger partial charge in [-0.1, -0.05) is 29.3 Å². The molecule has 0 aliphatic rings. The lowest BCUT2D eigenvalue weighted by molar-refractivity contribution is 0.249. The maximum atomic E-state index is 11.9. The molecule has 20 heavy (non-hydrogen) atoms. The lowest BCUT2D eigenvalue weighted by atomic mass is 10.0. The van der Waals surface area contributed by atoms with Crippen molar-refractivity contribution in [1.82, 2.24) is 15.1 Å². The summed E-state index contributed by atoms with van der Waals surface area (Å²) >= 11 is 0. The molecule has 0 spiro atoms. The van der Waals surface area contributed by atoms with E-state index in [1.807, 2.05) is 6.92 Å². The number of hydrogen-bond donors (Lipinski definition) is 2. The zero-order valence-corrected chi connectivity index (χ0v) is 12.3. The van der Waals surface area contributed by atoms with Crippen LogP contribution < -0.4 is 10.6 Å². The molecule has 0 bridgehead atoms. The maximum Gasteiger partial charge on any atom is 0.320 e. The maximum absolute atomic E-state index is 11.9. The number of carbonyl (C=O) groups excluding carboxylic acids is 1. The summed E-state index contributed by atoms with van der Waals surface area (Å²) in [5.41, 5.74) is 3.48. The van der Waals surface area contributed by atoms with Gasteiger partial charge in [0.1, 0.15) is 0 Å². The number of aryl methyl sites for hydroxylation is 3. The zero-order chi connectivity index (χ0) is 14.7. The standard InChI is InChI=1S/C15H20N4O/c1-10-7-11(2)9-13(8-10)12(3)16-15(20)17-14-5-6-19(4)18-14/h5-9,12H,1-4H3,(H2,16,17,18,20)/t12-/m0/s1. The summed E-state index contributed by atoms with van der Waals surface area (Å²) in [5.74, 6) is 0.539. The highest BCUT2D eigenvalue weighted by Crippen LogP contribution is 2.16. The van der Waals surface area contributed by atoms with Crippen molar-refractivity contribution in [3.8, 4) is 0 Å². The second kappa shape index (κ2) is 5.77. The highest BCUT2D eigenvalue weighted by atomic mass is 16.2. The normalized spacial score (nSPS) is 12.0. The third-order valence-corrected chi connectivity index (χ3v) is 3.05. The van der Waals surface area contributed by atoms with Crippen LogP contribution in [0.25, 0.3) is 0 Å². The van der Waals surface area contributed by atoms with Crippen LogP contribution in [0.1, 0.15) is 29.7 Å². The molecule has 0 unspecified atom stereocenters. The fourth-order valence-corrected chi connectivity index (χ4v) is 2.17. The van der Waals surface area contributed by atoms with E-state index < -0.39 is 0 Å². The van der Waals surface area contributed by atoms with E-state index in [1.165, 1.54) is 11.1 Å². The molecular formula is C15H20N4O. The number of benzene rings is 1. The summed E-state index contributed by atoms with van der Waals surface area (Å²) < 4.78 is 1.64. The van der Waals surface area contributed by atoms with Gasteiger partial charge in [0.15, 0.2) is 5.82 Å². The van der Waals surface area contributed by atoms with Gasteiger partial charge in [-0.3, -0.25) is 10.00 Å². The van der Waals surface area contributed by atoms with Gasteiger partial charge in [-0.15, -0.1) is 0 Å². The number of hydrogen-bond acceptors (Lipinski definition) is 2. The van der Waals surface area contributed by atoms with E-state index in [1.54, 1.807) is 24.0 Å². The molecule has 1 heterocycles. The largest absolute Gasteiger partial charge is 0.331 e.